The molecule has 1 aliphatic heterocycles. The number of hydrogen-bond acceptors (Lipinski definition) is 4. The number of nitrogens with one attached hydrogen (secondary N) is 2. The third-order valence-corrected chi connectivity index (χ3v) is 2.94. The summed E-state index contributed by atoms with van der Waals surface area (Å²) in [6.45, 7) is 4.49. The molecule has 100 valence electrons. The summed E-state index contributed by atoms with van der Waals surface area (Å²) in [6.07, 6.45) is 3.37. The molecule has 1 amide bonds. The molecule has 0 aromatic rings. The van der Waals surface area contributed by atoms with Gasteiger partial charge >= 0.3 is 0 Å². The molecule has 0 saturated carbocycles. The van der Waals surface area contributed by atoms with E-state index in [1.807, 2.05) is 6.92 Å². The Hall–Kier alpha value is -0.650. The Morgan fingerprint density at radius 2 is 2.24 bits per heavy atom. The molecule has 3 N–H and O–H groups in total. The quantitative estimate of drug-likeness (QED) is 0.591. The van der Waals surface area contributed by atoms with Gasteiger partial charge in [-0.2, -0.15) is 0 Å². The van der Waals surface area contributed by atoms with Crippen molar-refractivity contribution in [2.45, 2.75) is 44.8 Å². The van der Waals surface area contributed by atoms with Crippen LogP contribution in [0.2, 0.25) is 0 Å². The predicted molar refractivity (Wildman–Crippen MR) is 65.8 cm³/mol. The van der Waals surface area contributed by atoms with Crippen LogP contribution >= 0.6 is 0 Å². The van der Waals surface area contributed by atoms with Crippen LogP contribution in [-0.4, -0.2) is 49.5 Å². The van der Waals surface area contributed by atoms with Gasteiger partial charge in [0, 0.05) is 19.1 Å². The number of rotatable bonds is 7. The van der Waals surface area contributed by atoms with E-state index in [9.17, 15) is 4.79 Å². The minimum absolute atomic E-state index is 0.000107. The fourth-order valence-corrected chi connectivity index (χ4v) is 1.89. The maximum atomic E-state index is 11.5. The monoisotopic (exact) mass is 244 g/mol. The zero-order valence-electron chi connectivity index (χ0n) is 10.6. The van der Waals surface area contributed by atoms with Crippen molar-refractivity contribution < 1.29 is 14.6 Å². The van der Waals surface area contributed by atoms with Crippen LogP contribution in [-0.2, 0) is 9.53 Å². The first-order chi connectivity index (χ1) is 8.22. The van der Waals surface area contributed by atoms with Gasteiger partial charge in [0.15, 0.2) is 0 Å². The van der Waals surface area contributed by atoms with Gasteiger partial charge in [0.2, 0.25) is 5.91 Å². The molecule has 0 spiro atoms. The normalized spacial score (nSPS) is 18.9. The van der Waals surface area contributed by atoms with Crippen LogP contribution < -0.4 is 10.6 Å². The van der Waals surface area contributed by atoms with Gasteiger partial charge in [-0.05, 0) is 39.3 Å². The fourth-order valence-electron chi connectivity index (χ4n) is 1.89. The number of amides is 1. The molecule has 1 saturated heterocycles. The summed E-state index contributed by atoms with van der Waals surface area (Å²) < 4.78 is 5.64. The highest BCUT2D eigenvalue weighted by Gasteiger charge is 2.14. The van der Waals surface area contributed by atoms with E-state index >= 15 is 0 Å². The van der Waals surface area contributed by atoms with Gasteiger partial charge in [-0.3, -0.25) is 4.79 Å². The van der Waals surface area contributed by atoms with Crippen LogP contribution in [0.4, 0.5) is 0 Å². The number of carbonyl (C=O) groups excluding carboxylic acids is 1. The third-order valence-electron chi connectivity index (χ3n) is 2.94. The van der Waals surface area contributed by atoms with Crippen LogP contribution in [0.25, 0.3) is 0 Å². The Morgan fingerprint density at radius 1 is 1.53 bits per heavy atom. The number of ether oxygens (including phenoxy) is 1. The van der Waals surface area contributed by atoms with Crippen LogP contribution in [0.15, 0.2) is 0 Å². The number of carbonyl (C=O) groups is 1. The molecule has 1 rings (SSSR count). The smallest absolute Gasteiger partial charge is 0.222 e. The lowest BCUT2D eigenvalue weighted by molar-refractivity contribution is -0.123. The summed E-state index contributed by atoms with van der Waals surface area (Å²) in [5.74, 6) is -0.000107. The Labute approximate surface area is 103 Å². The van der Waals surface area contributed by atoms with E-state index in [1.54, 1.807) is 0 Å². The molecular formula is C12H24N2O3. The zero-order valence-corrected chi connectivity index (χ0v) is 10.6. The van der Waals surface area contributed by atoms with Gasteiger partial charge in [0.1, 0.15) is 0 Å². The third kappa shape index (κ3) is 6.61. The number of piperidine rings is 1. The molecule has 1 aliphatic rings. The summed E-state index contributed by atoms with van der Waals surface area (Å²) in [7, 11) is 0. The Kier molecular flexibility index (Phi) is 7.16. The molecule has 5 heteroatoms. The summed E-state index contributed by atoms with van der Waals surface area (Å²) in [5.41, 5.74) is 0. The number of aliphatic hydroxyl groups excluding tert-OH is 1. The number of hydrogen-bond donors (Lipinski definition) is 3. The molecule has 0 radical (unpaired) electrons. The van der Waals surface area contributed by atoms with Crippen molar-refractivity contribution in [1.82, 2.24) is 10.6 Å². The average Bonchev–Trinajstić information content (AvgIpc) is 2.30. The van der Waals surface area contributed by atoms with Gasteiger partial charge in [-0.15, -0.1) is 0 Å². The van der Waals surface area contributed by atoms with E-state index in [2.05, 4.69) is 10.6 Å². The first-order valence-corrected chi connectivity index (χ1v) is 6.45. The highest BCUT2D eigenvalue weighted by molar-refractivity contribution is 5.76. The molecule has 1 fully saturated rings. The van der Waals surface area contributed by atoms with Crippen LogP contribution in [0.1, 0.15) is 32.6 Å². The maximum Gasteiger partial charge on any atom is 0.222 e. The maximum absolute atomic E-state index is 11.5. The lowest BCUT2D eigenvalue weighted by atomic mass is 10.1. The first-order valence-electron chi connectivity index (χ1n) is 6.45. The SMILES string of the molecule is CC(CCO)NC(=O)CCOC1CCNCC1. The van der Waals surface area contributed by atoms with Crippen molar-refractivity contribution >= 4 is 5.91 Å². The summed E-state index contributed by atoms with van der Waals surface area (Å²) in [5, 5.41) is 14.8. The molecule has 0 bridgehead atoms. The van der Waals surface area contributed by atoms with Crippen LogP contribution in [0.5, 0.6) is 0 Å². The van der Waals surface area contributed by atoms with Gasteiger partial charge < -0.3 is 20.5 Å². The molecule has 1 atom stereocenters. The van der Waals surface area contributed by atoms with E-state index in [1.165, 1.54) is 0 Å². The van der Waals surface area contributed by atoms with Gasteiger partial charge in [0.05, 0.1) is 12.7 Å². The van der Waals surface area contributed by atoms with Gasteiger partial charge in [-0.25, -0.2) is 0 Å². The molecule has 1 heterocycles. The van der Waals surface area contributed by atoms with E-state index < -0.39 is 0 Å². The molecule has 17 heavy (non-hydrogen) atoms. The highest BCUT2D eigenvalue weighted by atomic mass is 16.5. The highest BCUT2D eigenvalue weighted by Crippen LogP contribution is 2.07. The zero-order chi connectivity index (χ0) is 12.5. The second-order valence-electron chi connectivity index (χ2n) is 4.55. The van der Waals surface area contributed by atoms with Crippen molar-refractivity contribution in [3.05, 3.63) is 0 Å². The minimum Gasteiger partial charge on any atom is -0.396 e. The molecule has 0 aromatic carbocycles. The van der Waals surface area contributed by atoms with E-state index in [0.717, 1.165) is 25.9 Å². The second kappa shape index (κ2) is 8.44. The lowest BCUT2D eigenvalue weighted by Gasteiger charge is -2.23. The Balaban J connectivity index is 2.03. The van der Waals surface area contributed by atoms with Crippen molar-refractivity contribution in [2.24, 2.45) is 0 Å². The van der Waals surface area contributed by atoms with Crippen molar-refractivity contribution in [1.29, 1.82) is 0 Å². The van der Waals surface area contributed by atoms with Crippen molar-refractivity contribution in [2.75, 3.05) is 26.3 Å². The largest absolute Gasteiger partial charge is 0.396 e. The van der Waals surface area contributed by atoms with Crippen molar-refractivity contribution in [3.63, 3.8) is 0 Å². The van der Waals surface area contributed by atoms with E-state index in [0.29, 0.717) is 25.6 Å². The fraction of sp³-hybridized carbons (Fsp3) is 0.917. The van der Waals surface area contributed by atoms with Crippen molar-refractivity contribution in [3.8, 4) is 0 Å². The average molecular weight is 244 g/mol. The Bertz CT molecular complexity index is 218. The van der Waals surface area contributed by atoms with Gasteiger partial charge in [0.25, 0.3) is 0 Å². The van der Waals surface area contributed by atoms with Gasteiger partial charge in [-0.1, -0.05) is 0 Å². The van der Waals surface area contributed by atoms with E-state index in [4.69, 9.17) is 9.84 Å². The summed E-state index contributed by atoms with van der Waals surface area (Å²) in [6, 6.07) is 0.0337. The molecule has 0 aromatic heterocycles. The summed E-state index contributed by atoms with van der Waals surface area (Å²) in [4.78, 5) is 11.5. The lowest BCUT2D eigenvalue weighted by Crippen LogP contribution is -2.35. The first kappa shape index (κ1) is 14.4. The second-order valence-corrected chi connectivity index (χ2v) is 4.55. The van der Waals surface area contributed by atoms with Crippen LogP contribution in [0, 0.1) is 0 Å². The molecule has 1 unspecified atom stereocenters. The summed E-state index contributed by atoms with van der Waals surface area (Å²) >= 11 is 0. The predicted octanol–water partition coefficient (Wildman–Crippen LogP) is 0.0322. The standard InChI is InChI=1S/C12H24N2O3/c1-10(4-8-15)14-12(16)5-9-17-11-2-6-13-7-3-11/h10-11,13,15H,2-9H2,1H3,(H,14,16). The minimum atomic E-state index is -0.000107. The Morgan fingerprint density at radius 3 is 2.88 bits per heavy atom. The van der Waals surface area contributed by atoms with Crippen LogP contribution in [0.3, 0.4) is 0 Å². The molecule has 5 nitrogen and oxygen atoms in total. The number of aliphatic hydroxyl groups is 1. The molecular weight excluding hydrogens is 220 g/mol. The topological polar surface area (TPSA) is 70.6 Å². The molecule has 0 aliphatic carbocycles. The van der Waals surface area contributed by atoms with E-state index in [-0.39, 0.29) is 18.6 Å².